The van der Waals surface area contributed by atoms with Gasteiger partial charge in [-0.1, -0.05) is 57.2 Å². The molecule has 4 bridgehead atoms. The highest BCUT2D eigenvalue weighted by atomic mass is 32.2. The smallest absolute Gasteiger partial charge is 0.410 e. The number of hydrogen-bond acceptors (Lipinski definition) is 9. The number of rotatable bonds is 6. The number of amides is 5. The molecule has 3 heterocycles. The Morgan fingerprint density at radius 2 is 1.84 bits per heavy atom. The highest BCUT2D eigenvalue weighted by Gasteiger charge is 2.63. The summed E-state index contributed by atoms with van der Waals surface area (Å²) >= 11 is 0. The molecule has 0 spiro atoms. The number of ether oxygens (including phenoxy) is 2. The second-order valence-corrected chi connectivity index (χ2v) is 20.1. The van der Waals surface area contributed by atoms with Crippen LogP contribution in [0.15, 0.2) is 36.9 Å². The molecular weight excluding hydrogens is 727 g/mol. The van der Waals surface area contributed by atoms with Crippen LogP contribution in [-0.2, 0) is 47.0 Å². The van der Waals surface area contributed by atoms with Crippen LogP contribution < -0.4 is 15.4 Å². The first-order valence-corrected chi connectivity index (χ1v) is 20.8. The van der Waals surface area contributed by atoms with Crippen molar-refractivity contribution < 1.29 is 41.9 Å². The largest absolute Gasteiger partial charge is 0.444 e. The van der Waals surface area contributed by atoms with Crippen molar-refractivity contribution in [2.75, 3.05) is 6.54 Å². The first-order chi connectivity index (χ1) is 25.8. The van der Waals surface area contributed by atoms with Gasteiger partial charge in [-0.05, 0) is 80.9 Å². The Morgan fingerprint density at radius 1 is 1.09 bits per heavy atom. The zero-order chi connectivity index (χ0) is 39.7. The Bertz CT molecular complexity index is 1950. The van der Waals surface area contributed by atoms with E-state index in [1.165, 1.54) is 11.0 Å². The van der Waals surface area contributed by atoms with E-state index in [1.54, 1.807) is 32.6 Å². The number of benzene rings is 1. The van der Waals surface area contributed by atoms with Crippen molar-refractivity contribution in [3.8, 4) is 0 Å². The Balaban J connectivity index is 1.17. The fourth-order valence-corrected chi connectivity index (χ4v) is 9.58. The third-order valence-electron chi connectivity index (χ3n) is 12.6. The molecule has 3 saturated carbocycles. The number of hydrogen-bond donors (Lipinski definition) is 3. The predicted molar refractivity (Wildman–Crippen MR) is 202 cm³/mol. The number of carbonyl (C=O) groups excluding carboxylic acids is 5. The Morgan fingerprint density at radius 3 is 2.51 bits per heavy atom. The highest BCUT2D eigenvalue weighted by molar-refractivity contribution is 7.91. The van der Waals surface area contributed by atoms with E-state index in [2.05, 4.69) is 34.1 Å². The van der Waals surface area contributed by atoms with Gasteiger partial charge in [0, 0.05) is 24.8 Å². The van der Waals surface area contributed by atoms with Crippen LogP contribution in [0.1, 0.15) is 103 Å². The summed E-state index contributed by atoms with van der Waals surface area (Å²) in [5.41, 5.74) is -0.0349. The molecule has 3 aliphatic carbocycles. The molecule has 3 N–H and O–H groups in total. The van der Waals surface area contributed by atoms with E-state index in [4.69, 9.17) is 9.47 Å². The molecule has 1 saturated heterocycles. The van der Waals surface area contributed by atoms with E-state index in [1.807, 2.05) is 25.1 Å². The van der Waals surface area contributed by atoms with Crippen molar-refractivity contribution >= 4 is 46.0 Å². The van der Waals surface area contributed by atoms with Gasteiger partial charge in [-0.3, -0.25) is 24.0 Å². The van der Waals surface area contributed by atoms with Gasteiger partial charge in [0.2, 0.25) is 21.8 Å². The zero-order valence-electron chi connectivity index (χ0n) is 32.3. The van der Waals surface area contributed by atoms with E-state index in [-0.39, 0.29) is 25.3 Å². The quantitative estimate of drug-likeness (QED) is 0.355. The average Bonchev–Trinajstić information content (AvgIpc) is 4.04. The summed E-state index contributed by atoms with van der Waals surface area (Å²) in [6.45, 7) is 13.1. The molecule has 7 rings (SSSR count). The predicted octanol–water partition coefficient (Wildman–Crippen LogP) is 4.28. The van der Waals surface area contributed by atoms with Gasteiger partial charge >= 0.3 is 12.2 Å². The Labute approximate surface area is 322 Å². The van der Waals surface area contributed by atoms with Gasteiger partial charge in [-0.25, -0.2) is 18.0 Å². The minimum Gasteiger partial charge on any atom is -0.444 e. The van der Waals surface area contributed by atoms with Crippen molar-refractivity contribution in [2.24, 2.45) is 17.3 Å². The molecule has 1 aromatic rings. The van der Waals surface area contributed by atoms with Gasteiger partial charge in [-0.15, -0.1) is 6.58 Å². The van der Waals surface area contributed by atoms with Crippen molar-refractivity contribution in [1.82, 2.24) is 25.2 Å². The summed E-state index contributed by atoms with van der Waals surface area (Å²) in [5.74, 6) is -2.55. The van der Waals surface area contributed by atoms with Gasteiger partial charge < -0.3 is 25.0 Å². The topological polar surface area (TPSA) is 181 Å². The average molecular weight is 780 g/mol. The maximum absolute atomic E-state index is 14.6. The van der Waals surface area contributed by atoms with Crippen LogP contribution in [0.5, 0.6) is 0 Å². The van der Waals surface area contributed by atoms with Crippen molar-refractivity contribution in [3.63, 3.8) is 0 Å². The van der Waals surface area contributed by atoms with Crippen LogP contribution in [0.4, 0.5) is 9.59 Å². The van der Waals surface area contributed by atoms with Crippen LogP contribution >= 0.6 is 0 Å². The summed E-state index contributed by atoms with van der Waals surface area (Å²) in [6.07, 6.45) is 7.63. The standard InChI is InChI=1S/C40H53N5O9S/c1-7-26-20-40(26,34(48)43-55(51,52)38(5)16-17-38)42-32(46)30-18-28-22-45(30)33(47)31(37(2,3)4)41-35(49)54-39(6)19-27(39)15-10-8-9-12-24-13-11-14-25-21-44(23-29(24)25)36(50)53-28/h7,9,11-14,26-28,30-31H,1,8,10,15-23H2,2-6H3,(H,41,49)(H,42,46)(H,43,48)/b12-9+/t26-,27-,28-,30+,31-,39-,40-/m1/s1. The third kappa shape index (κ3) is 7.48. The number of allylic oxidation sites excluding steroid dienone is 1. The van der Waals surface area contributed by atoms with Gasteiger partial charge in [0.25, 0.3) is 5.91 Å². The molecule has 14 nitrogen and oxygen atoms in total. The zero-order valence-corrected chi connectivity index (χ0v) is 33.1. The summed E-state index contributed by atoms with van der Waals surface area (Å²) in [5, 5.41) is 5.56. The molecule has 1 aromatic carbocycles. The fraction of sp³-hybridized carbons (Fsp3) is 0.625. The van der Waals surface area contributed by atoms with Crippen LogP contribution in [0.2, 0.25) is 0 Å². The van der Waals surface area contributed by atoms with Gasteiger partial charge in [0.15, 0.2) is 0 Å². The maximum atomic E-state index is 14.6. The molecule has 0 unspecified atom stereocenters. The molecule has 5 amide bonds. The van der Waals surface area contributed by atoms with Gasteiger partial charge in [-0.2, -0.15) is 0 Å². The third-order valence-corrected chi connectivity index (χ3v) is 14.7. The number of nitrogens with one attached hydrogen (secondary N) is 3. The number of nitrogens with zero attached hydrogens (tertiary/aromatic N) is 2. The lowest BCUT2D eigenvalue weighted by Gasteiger charge is -2.35. The van der Waals surface area contributed by atoms with Crippen LogP contribution in [0, 0.1) is 17.3 Å². The number of carbonyl (C=O) groups is 5. The molecule has 6 aliphatic rings. The normalized spacial score (nSPS) is 33.5. The minimum absolute atomic E-state index is 0.0913. The second kappa shape index (κ2) is 13.7. The molecule has 4 fully saturated rings. The van der Waals surface area contributed by atoms with E-state index in [0.717, 1.165) is 36.0 Å². The van der Waals surface area contributed by atoms with E-state index in [0.29, 0.717) is 32.4 Å². The van der Waals surface area contributed by atoms with Crippen LogP contribution in [0.25, 0.3) is 6.08 Å². The molecule has 3 aliphatic heterocycles. The molecule has 7 atom stereocenters. The van der Waals surface area contributed by atoms with Gasteiger partial charge in [0.05, 0.1) is 17.8 Å². The molecule has 15 heteroatoms. The molecular formula is C40H53N5O9S. The van der Waals surface area contributed by atoms with Crippen molar-refractivity contribution in [3.05, 3.63) is 53.6 Å². The molecule has 298 valence electrons. The SMILES string of the molecule is C=C[C@@H]1C[C@]1(NC(=O)[C@@H]1C[C@@H]2CN1C(=O)[C@H](C(C)(C)C)NC(=O)O[C@]1(C)C[C@H]1CCC/C=C/c1cccc3c1CN(C3)C(=O)O2)C(=O)NS(=O)(=O)C1(C)CC1. The van der Waals surface area contributed by atoms with E-state index < -0.39 is 85.3 Å². The summed E-state index contributed by atoms with van der Waals surface area (Å²) < 4.78 is 39.1. The maximum Gasteiger partial charge on any atom is 0.410 e. The molecule has 0 radical (unpaired) electrons. The van der Waals surface area contributed by atoms with E-state index in [9.17, 15) is 32.4 Å². The highest BCUT2D eigenvalue weighted by Crippen LogP contribution is 2.50. The number of fused-ring (bicyclic) bond motifs is 4. The lowest BCUT2D eigenvalue weighted by molar-refractivity contribution is -0.143. The van der Waals surface area contributed by atoms with Crippen molar-refractivity contribution in [1.29, 1.82) is 0 Å². The fourth-order valence-electron chi connectivity index (χ4n) is 8.27. The van der Waals surface area contributed by atoms with Crippen LogP contribution in [0.3, 0.4) is 0 Å². The second-order valence-electron chi connectivity index (χ2n) is 17.9. The summed E-state index contributed by atoms with van der Waals surface area (Å²) in [7, 11) is -4.01. The first-order valence-electron chi connectivity index (χ1n) is 19.3. The number of alkyl carbamates (subject to hydrolysis) is 1. The van der Waals surface area contributed by atoms with Crippen molar-refractivity contribution in [2.45, 2.75) is 133 Å². The first kappa shape index (κ1) is 38.9. The Kier molecular flexibility index (Phi) is 9.65. The summed E-state index contributed by atoms with van der Waals surface area (Å²) in [6, 6.07) is 3.60. The Hall–Kier alpha value is -4.40. The van der Waals surface area contributed by atoms with Crippen LogP contribution in [-0.4, -0.2) is 88.7 Å². The van der Waals surface area contributed by atoms with Gasteiger partial charge in [0.1, 0.15) is 29.3 Å². The minimum atomic E-state index is -4.01. The molecule has 0 aromatic heterocycles. The summed E-state index contributed by atoms with van der Waals surface area (Å²) in [4.78, 5) is 72.5. The lowest BCUT2D eigenvalue weighted by Crippen LogP contribution is -2.60. The monoisotopic (exact) mass is 779 g/mol. The molecule has 55 heavy (non-hydrogen) atoms. The number of sulfonamides is 1. The van der Waals surface area contributed by atoms with E-state index >= 15 is 0 Å². The lowest BCUT2D eigenvalue weighted by atomic mass is 9.85.